The summed E-state index contributed by atoms with van der Waals surface area (Å²) in [5, 5.41) is 8.78. The monoisotopic (exact) mass is 162 g/mol. The molecule has 6 heteroatoms. The molecule has 0 radical (unpaired) electrons. The van der Waals surface area contributed by atoms with Gasteiger partial charge in [0.05, 0.1) is 0 Å². The van der Waals surface area contributed by atoms with E-state index in [1.54, 1.807) is 0 Å². The van der Waals surface area contributed by atoms with Crippen LogP contribution >= 0.6 is 0 Å². The van der Waals surface area contributed by atoms with Crippen molar-refractivity contribution in [3.8, 4) is 0 Å². The van der Waals surface area contributed by atoms with E-state index in [-0.39, 0.29) is 6.61 Å². The van der Waals surface area contributed by atoms with Crippen molar-refractivity contribution in [2.45, 2.75) is 0 Å². The first-order valence-corrected chi connectivity index (χ1v) is 2.83. The molecule has 0 heterocycles. The minimum atomic E-state index is -1.16. The third-order valence-electron chi connectivity index (χ3n) is 0.894. The lowest BCUT2D eigenvalue weighted by atomic mass is 10.5. The van der Waals surface area contributed by atoms with E-state index < -0.39 is 18.4 Å². The van der Waals surface area contributed by atoms with Crippen molar-refractivity contribution >= 4 is 11.9 Å². The maximum absolute atomic E-state index is 10.7. The van der Waals surface area contributed by atoms with Crippen molar-refractivity contribution in [3.05, 3.63) is 0 Å². The van der Waals surface area contributed by atoms with Crippen molar-refractivity contribution < 1.29 is 19.4 Å². The van der Waals surface area contributed by atoms with E-state index in [9.17, 15) is 9.59 Å². The standard InChI is InChI=1S/C5H10N2O4/c1-11-3-4(8)7(6)2-5(9)10/h2-3,6H2,1H3,(H,9,10). The van der Waals surface area contributed by atoms with Gasteiger partial charge >= 0.3 is 5.97 Å². The molecule has 0 unspecified atom stereocenters. The molecule has 11 heavy (non-hydrogen) atoms. The summed E-state index contributed by atoms with van der Waals surface area (Å²) in [4.78, 5) is 20.7. The number of hydrogen-bond donors (Lipinski definition) is 2. The van der Waals surface area contributed by atoms with Gasteiger partial charge in [-0.2, -0.15) is 0 Å². The maximum Gasteiger partial charge on any atom is 0.324 e. The van der Waals surface area contributed by atoms with Crippen molar-refractivity contribution in [3.63, 3.8) is 0 Å². The van der Waals surface area contributed by atoms with Crippen LogP contribution in [0.1, 0.15) is 0 Å². The van der Waals surface area contributed by atoms with Gasteiger partial charge in [-0.3, -0.25) is 14.6 Å². The number of carboxylic acid groups (broad SMARTS) is 1. The Morgan fingerprint density at radius 2 is 2.18 bits per heavy atom. The van der Waals surface area contributed by atoms with Crippen LogP contribution in [0.25, 0.3) is 0 Å². The molecule has 0 aliphatic heterocycles. The number of hydrazine groups is 1. The van der Waals surface area contributed by atoms with Crippen LogP contribution in [0.15, 0.2) is 0 Å². The molecule has 0 spiro atoms. The lowest BCUT2D eigenvalue weighted by molar-refractivity contribution is -0.146. The lowest BCUT2D eigenvalue weighted by Gasteiger charge is -2.12. The number of carboxylic acids is 1. The van der Waals surface area contributed by atoms with E-state index in [0.717, 1.165) is 0 Å². The summed E-state index contributed by atoms with van der Waals surface area (Å²) < 4.78 is 4.44. The zero-order chi connectivity index (χ0) is 8.85. The first-order chi connectivity index (χ1) is 5.07. The number of nitrogens with two attached hydrogens (primary N) is 1. The third-order valence-corrected chi connectivity index (χ3v) is 0.894. The highest BCUT2D eigenvalue weighted by Crippen LogP contribution is 1.80. The minimum absolute atomic E-state index is 0.205. The molecule has 0 aliphatic carbocycles. The van der Waals surface area contributed by atoms with Gasteiger partial charge in [0.2, 0.25) is 0 Å². The van der Waals surface area contributed by atoms with E-state index in [2.05, 4.69) is 4.74 Å². The SMILES string of the molecule is COCC(=O)N(N)CC(=O)O. The second-order valence-corrected chi connectivity index (χ2v) is 1.85. The van der Waals surface area contributed by atoms with E-state index in [1.165, 1.54) is 7.11 Å². The van der Waals surface area contributed by atoms with Crippen molar-refractivity contribution in [1.82, 2.24) is 5.01 Å². The van der Waals surface area contributed by atoms with E-state index in [0.29, 0.717) is 5.01 Å². The van der Waals surface area contributed by atoms with Gasteiger partial charge in [0, 0.05) is 7.11 Å². The quantitative estimate of drug-likeness (QED) is 0.295. The Kier molecular flexibility index (Phi) is 4.16. The average Bonchev–Trinajstić information content (AvgIpc) is 1.86. The Morgan fingerprint density at radius 1 is 1.64 bits per heavy atom. The number of nitrogens with zero attached hydrogens (tertiary/aromatic N) is 1. The molecule has 64 valence electrons. The van der Waals surface area contributed by atoms with E-state index in [4.69, 9.17) is 10.9 Å². The number of carbonyl (C=O) groups is 2. The fourth-order valence-corrected chi connectivity index (χ4v) is 0.440. The fraction of sp³-hybridized carbons (Fsp3) is 0.600. The summed E-state index contributed by atoms with van der Waals surface area (Å²) in [6.07, 6.45) is 0. The minimum Gasteiger partial charge on any atom is -0.480 e. The summed E-state index contributed by atoms with van der Waals surface area (Å²) in [6.45, 7) is -0.716. The van der Waals surface area contributed by atoms with Gasteiger partial charge in [-0.05, 0) is 0 Å². The molecular formula is C5H10N2O4. The largest absolute Gasteiger partial charge is 0.480 e. The average molecular weight is 162 g/mol. The number of aliphatic carboxylic acids is 1. The highest BCUT2D eigenvalue weighted by Gasteiger charge is 2.11. The molecule has 0 saturated carbocycles. The van der Waals surface area contributed by atoms with Gasteiger partial charge in [-0.25, -0.2) is 5.84 Å². The van der Waals surface area contributed by atoms with Crippen LogP contribution in [0.3, 0.4) is 0 Å². The van der Waals surface area contributed by atoms with E-state index >= 15 is 0 Å². The Labute approximate surface area is 63.5 Å². The zero-order valence-corrected chi connectivity index (χ0v) is 6.11. The summed E-state index contributed by atoms with van der Waals surface area (Å²) in [5.41, 5.74) is 0. The number of ether oxygens (including phenoxy) is 1. The molecule has 0 bridgehead atoms. The summed E-state index contributed by atoms with van der Waals surface area (Å²) in [7, 11) is 1.33. The Bertz CT molecular complexity index is 159. The van der Waals surface area contributed by atoms with Crippen molar-refractivity contribution in [2.24, 2.45) is 5.84 Å². The number of methoxy groups -OCH3 is 1. The van der Waals surface area contributed by atoms with Crippen LogP contribution in [-0.2, 0) is 14.3 Å². The van der Waals surface area contributed by atoms with Gasteiger partial charge in [-0.1, -0.05) is 0 Å². The fourth-order valence-electron chi connectivity index (χ4n) is 0.440. The Balaban J connectivity index is 3.73. The third kappa shape index (κ3) is 4.29. The van der Waals surface area contributed by atoms with Crippen LogP contribution in [0.5, 0.6) is 0 Å². The summed E-state index contributed by atoms with van der Waals surface area (Å²) in [5.74, 6) is 3.31. The number of rotatable bonds is 4. The molecule has 0 aromatic heterocycles. The molecule has 0 saturated heterocycles. The lowest BCUT2D eigenvalue weighted by Crippen LogP contribution is -2.43. The first kappa shape index (κ1) is 9.86. The van der Waals surface area contributed by atoms with Crippen molar-refractivity contribution in [2.75, 3.05) is 20.3 Å². The molecule has 6 nitrogen and oxygen atoms in total. The molecule has 1 amide bonds. The van der Waals surface area contributed by atoms with Gasteiger partial charge in [0.15, 0.2) is 0 Å². The molecule has 0 aromatic rings. The van der Waals surface area contributed by atoms with Crippen LogP contribution in [-0.4, -0.2) is 42.3 Å². The van der Waals surface area contributed by atoms with Crippen LogP contribution < -0.4 is 5.84 Å². The second-order valence-electron chi connectivity index (χ2n) is 1.85. The van der Waals surface area contributed by atoms with Gasteiger partial charge in [0.1, 0.15) is 13.2 Å². The predicted molar refractivity (Wildman–Crippen MR) is 35.4 cm³/mol. The first-order valence-electron chi connectivity index (χ1n) is 2.83. The Hall–Kier alpha value is -1.14. The van der Waals surface area contributed by atoms with Gasteiger partial charge in [0.25, 0.3) is 5.91 Å². The maximum atomic E-state index is 10.7. The highest BCUT2D eigenvalue weighted by molar-refractivity contribution is 5.81. The van der Waals surface area contributed by atoms with E-state index in [1.807, 2.05) is 0 Å². The topological polar surface area (TPSA) is 92.9 Å². The van der Waals surface area contributed by atoms with Crippen LogP contribution in [0, 0.1) is 0 Å². The molecule has 3 N–H and O–H groups in total. The van der Waals surface area contributed by atoms with Gasteiger partial charge < -0.3 is 9.84 Å². The molecule has 0 aromatic carbocycles. The smallest absolute Gasteiger partial charge is 0.324 e. The summed E-state index contributed by atoms with van der Waals surface area (Å²) >= 11 is 0. The Morgan fingerprint density at radius 3 is 2.55 bits per heavy atom. The molecule has 0 fully saturated rings. The number of hydrogen-bond acceptors (Lipinski definition) is 4. The predicted octanol–water partition coefficient (Wildman–Crippen LogP) is -1.58. The summed E-state index contributed by atoms with van der Waals surface area (Å²) in [6, 6.07) is 0. The normalized spacial score (nSPS) is 9.27. The zero-order valence-electron chi connectivity index (χ0n) is 6.11. The second kappa shape index (κ2) is 4.64. The molecule has 0 aliphatic rings. The molecular weight excluding hydrogens is 152 g/mol. The number of carbonyl (C=O) groups excluding carboxylic acids is 1. The number of amides is 1. The van der Waals surface area contributed by atoms with Gasteiger partial charge in [-0.15, -0.1) is 0 Å². The van der Waals surface area contributed by atoms with Crippen molar-refractivity contribution in [1.29, 1.82) is 0 Å². The molecule has 0 rings (SSSR count). The van der Waals surface area contributed by atoms with Crippen LogP contribution in [0.4, 0.5) is 0 Å². The molecule has 0 atom stereocenters. The van der Waals surface area contributed by atoms with Crippen LogP contribution in [0.2, 0.25) is 0 Å². The highest BCUT2D eigenvalue weighted by atomic mass is 16.5.